The molecule has 0 aliphatic heterocycles. The Labute approximate surface area is 101 Å². The Morgan fingerprint density at radius 1 is 1.29 bits per heavy atom. The van der Waals surface area contributed by atoms with Gasteiger partial charge in [-0.2, -0.15) is 0 Å². The Morgan fingerprint density at radius 2 is 2.12 bits per heavy atom. The van der Waals surface area contributed by atoms with Gasteiger partial charge in [0.2, 0.25) is 11.0 Å². The summed E-state index contributed by atoms with van der Waals surface area (Å²) in [5, 5.41) is 13.3. The average Bonchev–Trinajstić information content (AvgIpc) is 2.30. The van der Waals surface area contributed by atoms with Crippen LogP contribution in [0.25, 0.3) is 0 Å². The molecule has 2 aromatic heterocycles. The van der Waals surface area contributed by atoms with Gasteiger partial charge in [0.05, 0.1) is 4.92 Å². The van der Waals surface area contributed by atoms with Crippen LogP contribution in [0.5, 0.6) is 0 Å². The summed E-state index contributed by atoms with van der Waals surface area (Å²) in [6.07, 6.45) is 2.69. The van der Waals surface area contributed by atoms with Crippen molar-refractivity contribution >= 4 is 28.9 Å². The lowest BCUT2D eigenvalue weighted by atomic mass is 10.4. The summed E-state index contributed by atoms with van der Waals surface area (Å²) in [6.45, 7) is 0. The molecule has 0 atom stereocenters. The van der Waals surface area contributed by atoms with Crippen LogP contribution in [-0.4, -0.2) is 19.9 Å². The number of nitrogens with one attached hydrogen (secondary N) is 1. The van der Waals surface area contributed by atoms with E-state index in [1.165, 1.54) is 0 Å². The van der Waals surface area contributed by atoms with Crippen LogP contribution >= 0.6 is 11.6 Å². The lowest BCUT2D eigenvalue weighted by Gasteiger charge is -2.04. The average molecular weight is 252 g/mol. The van der Waals surface area contributed by atoms with Crippen LogP contribution in [0.1, 0.15) is 0 Å². The lowest BCUT2D eigenvalue weighted by molar-refractivity contribution is -0.384. The smallest absolute Gasteiger partial charge is 0.319 e. The van der Waals surface area contributed by atoms with Crippen LogP contribution in [0.15, 0.2) is 30.7 Å². The van der Waals surface area contributed by atoms with Gasteiger partial charge < -0.3 is 5.32 Å². The molecule has 2 heterocycles. The number of hydrogen-bond acceptors (Lipinski definition) is 6. The minimum Gasteiger partial charge on any atom is -0.319 e. The molecule has 1 N–H and O–H groups in total. The third kappa shape index (κ3) is 2.45. The van der Waals surface area contributed by atoms with Gasteiger partial charge in [-0.05, 0) is 12.1 Å². The molecule has 0 unspecified atom stereocenters. The van der Waals surface area contributed by atoms with Crippen molar-refractivity contribution in [2.24, 2.45) is 0 Å². The topological polar surface area (TPSA) is 93.8 Å². The minimum absolute atomic E-state index is 0.00806. The van der Waals surface area contributed by atoms with Crippen molar-refractivity contribution in [1.82, 2.24) is 15.0 Å². The number of aromatic nitrogens is 3. The highest BCUT2D eigenvalue weighted by Gasteiger charge is 2.21. The predicted octanol–water partition coefficient (Wildman–Crippen LogP) is 2.18. The fourth-order valence-corrected chi connectivity index (χ4v) is 1.37. The second-order valence-electron chi connectivity index (χ2n) is 2.96. The highest BCUT2D eigenvalue weighted by molar-refractivity contribution is 6.31. The van der Waals surface area contributed by atoms with Crippen molar-refractivity contribution in [3.05, 3.63) is 46.0 Å². The molecule has 0 aromatic carbocycles. The number of anilines is 2. The van der Waals surface area contributed by atoms with Gasteiger partial charge in [-0.15, -0.1) is 0 Å². The summed E-state index contributed by atoms with van der Waals surface area (Å²) in [5.41, 5.74) is -0.375. The van der Waals surface area contributed by atoms with Crippen molar-refractivity contribution in [2.75, 3.05) is 5.32 Å². The largest absolute Gasteiger partial charge is 0.348 e. The Kier molecular flexibility index (Phi) is 3.10. The number of halogens is 1. The fourth-order valence-electron chi connectivity index (χ4n) is 1.17. The van der Waals surface area contributed by atoms with Crippen LogP contribution in [0.2, 0.25) is 5.15 Å². The molecule has 8 heteroatoms. The molecule has 0 amide bonds. The first-order chi connectivity index (χ1) is 8.18. The summed E-state index contributed by atoms with van der Waals surface area (Å²) >= 11 is 5.64. The van der Waals surface area contributed by atoms with Crippen molar-refractivity contribution in [2.45, 2.75) is 0 Å². The van der Waals surface area contributed by atoms with E-state index in [0.717, 1.165) is 6.33 Å². The third-order valence-electron chi connectivity index (χ3n) is 1.87. The highest BCUT2D eigenvalue weighted by Crippen LogP contribution is 2.29. The van der Waals surface area contributed by atoms with Gasteiger partial charge in [-0.1, -0.05) is 17.7 Å². The molecule has 0 radical (unpaired) electrons. The SMILES string of the molecule is O=[N+]([O-])c1c(Cl)ncnc1Nc1ccccn1. The van der Waals surface area contributed by atoms with Crippen molar-refractivity contribution in [3.63, 3.8) is 0 Å². The highest BCUT2D eigenvalue weighted by atomic mass is 35.5. The molecule has 86 valence electrons. The molecule has 0 saturated heterocycles. The minimum atomic E-state index is -0.645. The molecule has 2 aromatic rings. The van der Waals surface area contributed by atoms with Crippen molar-refractivity contribution in [1.29, 1.82) is 0 Å². The maximum atomic E-state index is 10.8. The second-order valence-corrected chi connectivity index (χ2v) is 3.32. The van der Waals surface area contributed by atoms with Gasteiger partial charge in [0, 0.05) is 6.20 Å². The molecule has 0 spiro atoms. The maximum absolute atomic E-state index is 10.8. The Bertz CT molecular complexity index is 548. The van der Waals surface area contributed by atoms with Gasteiger partial charge >= 0.3 is 5.69 Å². The zero-order chi connectivity index (χ0) is 12.3. The predicted molar refractivity (Wildman–Crippen MR) is 61.2 cm³/mol. The number of hydrogen-bond donors (Lipinski definition) is 1. The quantitative estimate of drug-likeness (QED) is 0.510. The molecule has 0 aliphatic carbocycles. The number of pyridine rings is 1. The van der Waals surface area contributed by atoms with E-state index in [0.29, 0.717) is 5.82 Å². The van der Waals surface area contributed by atoms with Crippen LogP contribution in [0, 0.1) is 10.1 Å². The standard InChI is InChI=1S/C9H6ClN5O2/c10-8-7(15(16)17)9(13-5-12-8)14-6-3-1-2-4-11-6/h1-5H,(H,11,12,13,14). The normalized spacial score (nSPS) is 9.94. The van der Waals surface area contributed by atoms with Gasteiger partial charge in [0.1, 0.15) is 12.1 Å². The van der Waals surface area contributed by atoms with E-state index in [4.69, 9.17) is 11.6 Å². The van der Waals surface area contributed by atoms with Gasteiger partial charge in [-0.3, -0.25) is 10.1 Å². The molecule has 0 fully saturated rings. The zero-order valence-corrected chi connectivity index (χ0v) is 9.13. The first-order valence-electron chi connectivity index (χ1n) is 4.51. The molecule has 0 saturated carbocycles. The first kappa shape index (κ1) is 11.2. The Balaban J connectivity index is 2.40. The van der Waals surface area contributed by atoms with E-state index >= 15 is 0 Å². The molecular weight excluding hydrogens is 246 g/mol. The summed E-state index contributed by atoms with van der Waals surface area (Å²) in [6, 6.07) is 5.12. The van der Waals surface area contributed by atoms with Crippen molar-refractivity contribution < 1.29 is 4.92 Å². The summed E-state index contributed by atoms with van der Waals surface area (Å²) < 4.78 is 0. The first-order valence-corrected chi connectivity index (χ1v) is 4.89. The monoisotopic (exact) mass is 251 g/mol. The van der Waals surface area contributed by atoms with E-state index in [2.05, 4.69) is 20.3 Å². The molecule has 0 aliphatic rings. The van der Waals surface area contributed by atoms with Gasteiger partial charge in [-0.25, -0.2) is 15.0 Å². The molecule has 0 bridgehead atoms. The van der Waals surface area contributed by atoms with E-state index in [1.54, 1.807) is 24.4 Å². The van der Waals surface area contributed by atoms with Gasteiger partial charge in [0.15, 0.2) is 0 Å². The fraction of sp³-hybridized carbons (Fsp3) is 0. The molecule has 7 nitrogen and oxygen atoms in total. The van der Waals surface area contributed by atoms with Crippen molar-refractivity contribution in [3.8, 4) is 0 Å². The summed E-state index contributed by atoms with van der Waals surface area (Å²) in [4.78, 5) is 21.5. The molecule has 17 heavy (non-hydrogen) atoms. The van der Waals surface area contributed by atoms with Gasteiger partial charge in [0.25, 0.3) is 0 Å². The second kappa shape index (κ2) is 4.71. The Morgan fingerprint density at radius 3 is 2.76 bits per heavy atom. The Hall–Kier alpha value is -2.28. The van der Waals surface area contributed by atoms with Crippen LogP contribution in [-0.2, 0) is 0 Å². The van der Waals surface area contributed by atoms with E-state index < -0.39 is 4.92 Å². The summed E-state index contributed by atoms with van der Waals surface area (Å²) in [5.74, 6) is 0.444. The van der Waals surface area contributed by atoms with Crippen LogP contribution in [0.3, 0.4) is 0 Å². The summed E-state index contributed by atoms with van der Waals surface area (Å²) in [7, 11) is 0. The van der Waals surface area contributed by atoms with E-state index in [9.17, 15) is 10.1 Å². The number of nitro groups is 1. The third-order valence-corrected chi connectivity index (χ3v) is 2.15. The van der Waals surface area contributed by atoms with E-state index in [1.807, 2.05) is 0 Å². The lowest BCUT2D eigenvalue weighted by Crippen LogP contribution is -2.02. The number of rotatable bonds is 3. The number of nitrogens with zero attached hydrogens (tertiary/aromatic N) is 4. The van der Waals surface area contributed by atoms with E-state index in [-0.39, 0.29) is 16.7 Å². The maximum Gasteiger partial charge on any atom is 0.348 e. The molecular formula is C9H6ClN5O2. The van der Waals surface area contributed by atoms with Crippen LogP contribution in [0.4, 0.5) is 17.3 Å². The molecule has 2 rings (SSSR count). The zero-order valence-electron chi connectivity index (χ0n) is 8.37. The van der Waals surface area contributed by atoms with Crippen LogP contribution < -0.4 is 5.32 Å².